The zero-order valence-corrected chi connectivity index (χ0v) is 20.8. The van der Waals surface area contributed by atoms with Gasteiger partial charge in [0.1, 0.15) is 19.7 Å². The molecule has 0 fully saturated rings. The minimum atomic E-state index is -0.646. The van der Waals surface area contributed by atoms with Crippen molar-refractivity contribution in [3.05, 3.63) is 49.3 Å². The van der Waals surface area contributed by atoms with Crippen molar-refractivity contribution in [1.82, 2.24) is 14.1 Å². The molecule has 0 unspecified atom stereocenters. The van der Waals surface area contributed by atoms with Crippen LogP contribution in [-0.4, -0.2) is 38.2 Å². The van der Waals surface area contributed by atoms with Crippen LogP contribution in [0.3, 0.4) is 0 Å². The molecular weight excluding hydrogens is 600 g/mol. The van der Waals surface area contributed by atoms with Crippen LogP contribution in [0.4, 0.5) is 4.79 Å². The van der Waals surface area contributed by atoms with Crippen LogP contribution in [0.15, 0.2) is 30.5 Å². The van der Waals surface area contributed by atoms with Gasteiger partial charge in [-0.2, -0.15) is 0 Å². The van der Waals surface area contributed by atoms with Crippen LogP contribution in [0.1, 0.15) is 43.9 Å². The summed E-state index contributed by atoms with van der Waals surface area (Å²) in [4.78, 5) is 30.6. The lowest BCUT2D eigenvalue weighted by atomic mass is 10.1. The number of imidazole rings is 1. The SMILES string of the molecule is CCOCn1c(C(=O)c2cn(C(=O)OC(C)(C)C)c3ccccc23)nc(I)c1I. The molecule has 0 atom stereocenters. The summed E-state index contributed by atoms with van der Waals surface area (Å²) in [6.45, 7) is 8.06. The third-order valence-electron chi connectivity index (χ3n) is 4.04. The summed E-state index contributed by atoms with van der Waals surface area (Å²) in [6, 6.07) is 7.25. The fraction of sp³-hybridized carbons (Fsp3) is 0.350. The van der Waals surface area contributed by atoms with Gasteiger partial charge in [0.15, 0.2) is 5.82 Å². The highest BCUT2D eigenvalue weighted by Crippen LogP contribution is 2.26. The standard InChI is InChI=1S/C20H21I2N3O4/c1-5-28-11-25-17(22)16(21)23-18(25)15(26)13-10-24(19(27)29-20(2,3)4)14-9-7-6-8-12(13)14/h6-10H,5,11H2,1-4H3. The van der Waals surface area contributed by atoms with Crippen molar-refractivity contribution >= 4 is 68.0 Å². The van der Waals surface area contributed by atoms with Crippen LogP contribution >= 0.6 is 45.2 Å². The second-order valence-corrected chi connectivity index (χ2v) is 9.35. The maximum absolute atomic E-state index is 13.4. The van der Waals surface area contributed by atoms with Crippen molar-refractivity contribution in [1.29, 1.82) is 0 Å². The van der Waals surface area contributed by atoms with Gasteiger partial charge >= 0.3 is 6.09 Å². The van der Waals surface area contributed by atoms with Crippen LogP contribution in [0.25, 0.3) is 10.9 Å². The first-order valence-corrected chi connectivity index (χ1v) is 11.2. The molecule has 3 rings (SSSR count). The van der Waals surface area contributed by atoms with E-state index in [1.165, 1.54) is 10.8 Å². The Balaban J connectivity index is 2.11. The summed E-state index contributed by atoms with van der Waals surface area (Å²) >= 11 is 4.25. The lowest BCUT2D eigenvalue weighted by molar-refractivity contribution is 0.0544. The summed E-state index contributed by atoms with van der Waals surface area (Å²) in [7, 11) is 0. The molecule has 0 saturated heterocycles. The number of aromatic nitrogens is 3. The number of ether oxygens (including phenoxy) is 2. The lowest BCUT2D eigenvalue weighted by Gasteiger charge is -2.19. The molecule has 154 valence electrons. The van der Waals surface area contributed by atoms with E-state index >= 15 is 0 Å². The van der Waals surface area contributed by atoms with E-state index in [4.69, 9.17) is 9.47 Å². The van der Waals surface area contributed by atoms with Crippen molar-refractivity contribution in [3.8, 4) is 0 Å². The number of halogens is 2. The first-order valence-electron chi connectivity index (χ1n) is 9.01. The molecule has 0 bridgehead atoms. The van der Waals surface area contributed by atoms with Gasteiger partial charge < -0.3 is 9.47 Å². The molecule has 0 aliphatic heterocycles. The fourth-order valence-electron chi connectivity index (χ4n) is 2.82. The number of carbonyl (C=O) groups is 2. The predicted octanol–water partition coefficient (Wildman–Crippen LogP) is 5.06. The number of carbonyl (C=O) groups excluding carboxylic acids is 2. The van der Waals surface area contributed by atoms with Gasteiger partial charge in [-0.05, 0) is 78.9 Å². The Morgan fingerprint density at radius 1 is 1.17 bits per heavy atom. The molecule has 0 aliphatic rings. The molecule has 7 nitrogen and oxygen atoms in total. The smallest absolute Gasteiger partial charge is 0.419 e. The first-order chi connectivity index (χ1) is 13.6. The van der Waals surface area contributed by atoms with E-state index in [0.29, 0.717) is 23.1 Å². The van der Waals surface area contributed by atoms with E-state index < -0.39 is 11.7 Å². The van der Waals surface area contributed by atoms with Gasteiger partial charge in [0.25, 0.3) is 0 Å². The number of rotatable bonds is 5. The van der Waals surface area contributed by atoms with Crippen molar-refractivity contribution < 1.29 is 19.1 Å². The highest BCUT2D eigenvalue weighted by molar-refractivity contribution is 14.1. The van der Waals surface area contributed by atoms with E-state index in [1.54, 1.807) is 31.4 Å². The summed E-state index contributed by atoms with van der Waals surface area (Å²) in [6.07, 6.45) is 0.995. The fourth-order valence-corrected chi connectivity index (χ4v) is 3.83. The molecule has 0 saturated carbocycles. The summed E-state index contributed by atoms with van der Waals surface area (Å²) in [5.74, 6) is 0.00313. The Kier molecular flexibility index (Phi) is 6.68. The third kappa shape index (κ3) is 4.66. The number of fused-ring (bicyclic) bond motifs is 1. The van der Waals surface area contributed by atoms with Crippen LogP contribution in [-0.2, 0) is 16.2 Å². The molecular formula is C20H21I2N3O4. The molecule has 3 aromatic rings. The second kappa shape index (κ2) is 8.72. The van der Waals surface area contributed by atoms with E-state index in [-0.39, 0.29) is 18.3 Å². The molecule has 9 heteroatoms. The zero-order chi connectivity index (χ0) is 21.3. The minimum absolute atomic E-state index is 0.233. The Labute approximate surface area is 196 Å². The molecule has 29 heavy (non-hydrogen) atoms. The number of benzene rings is 1. The second-order valence-electron chi connectivity index (χ2n) is 7.31. The monoisotopic (exact) mass is 621 g/mol. The average Bonchev–Trinajstić information content (AvgIpc) is 3.17. The summed E-state index contributed by atoms with van der Waals surface area (Å²) in [5.41, 5.74) is 0.353. The predicted molar refractivity (Wildman–Crippen MR) is 126 cm³/mol. The van der Waals surface area contributed by atoms with Crippen LogP contribution < -0.4 is 0 Å². The highest BCUT2D eigenvalue weighted by atomic mass is 127. The largest absolute Gasteiger partial charge is 0.443 e. The van der Waals surface area contributed by atoms with Gasteiger partial charge in [0.05, 0.1) is 11.1 Å². The molecule has 1 aromatic carbocycles. The molecule has 0 N–H and O–H groups in total. The first kappa shape index (κ1) is 22.2. The van der Waals surface area contributed by atoms with Crippen molar-refractivity contribution in [3.63, 3.8) is 0 Å². The molecule has 2 aromatic heterocycles. The van der Waals surface area contributed by atoms with Crippen LogP contribution in [0.2, 0.25) is 0 Å². The Hall–Kier alpha value is -1.47. The normalized spacial score (nSPS) is 11.8. The molecule has 0 radical (unpaired) electrons. The minimum Gasteiger partial charge on any atom is -0.443 e. The lowest BCUT2D eigenvalue weighted by Crippen LogP contribution is -2.26. The quantitative estimate of drug-likeness (QED) is 0.295. The Morgan fingerprint density at radius 3 is 2.52 bits per heavy atom. The summed E-state index contributed by atoms with van der Waals surface area (Å²) < 4.78 is 15.7. The Bertz CT molecular complexity index is 1080. The van der Waals surface area contributed by atoms with E-state index in [0.717, 1.165) is 7.40 Å². The maximum Gasteiger partial charge on any atom is 0.419 e. The molecule has 0 spiro atoms. The number of hydrogen-bond acceptors (Lipinski definition) is 5. The van der Waals surface area contributed by atoms with E-state index in [2.05, 4.69) is 50.2 Å². The molecule has 2 heterocycles. The number of para-hydroxylation sites is 1. The highest BCUT2D eigenvalue weighted by Gasteiger charge is 2.27. The number of hydrogen-bond donors (Lipinski definition) is 0. The topological polar surface area (TPSA) is 75.3 Å². The Morgan fingerprint density at radius 2 is 1.86 bits per heavy atom. The van der Waals surface area contributed by atoms with Crippen molar-refractivity contribution in [2.45, 2.75) is 40.0 Å². The molecule has 0 aliphatic carbocycles. The zero-order valence-electron chi connectivity index (χ0n) is 16.5. The average molecular weight is 621 g/mol. The molecule has 0 amide bonds. The van der Waals surface area contributed by atoms with Crippen molar-refractivity contribution in [2.24, 2.45) is 0 Å². The van der Waals surface area contributed by atoms with Crippen molar-refractivity contribution in [2.75, 3.05) is 6.61 Å². The maximum atomic E-state index is 13.4. The van der Waals surface area contributed by atoms with Gasteiger partial charge in [-0.25, -0.2) is 9.78 Å². The van der Waals surface area contributed by atoms with E-state index in [9.17, 15) is 9.59 Å². The number of nitrogens with zero attached hydrogens (tertiary/aromatic N) is 3. The number of ketones is 1. The van der Waals surface area contributed by atoms with Gasteiger partial charge in [-0.15, -0.1) is 0 Å². The third-order valence-corrected chi connectivity index (χ3v) is 6.92. The van der Waals surface area contributed by atoms with Gasteiger partial charge in [-0.3, -0.25) is 13.9 Å². The van der Waals surface area contributed by atoms with Crippen LogP contribution in [0, 0.1) is 7.40 Å². The van der Waals surface area contributed by atoms with Crippen LogP contribution in [0.5, 0.6) is 0 Å². The van der Waals surface area contributed by atoms with E-state index in [1.807, 2.05) is 25.1 Å². The summed E-state index contributed by atoms with van der Waals surface area (Å²) in [5, 5.41) is 0.666. The van der Waals surface area contributed by atoms with Gasteiger partial charge in [-0.1, -0.05) is 18.2 Å². The van der Waals surface area contributed by atoms with Gasteiger partial charge in [0, 0.05) is 18.2 Å². The van der Waals surface area contributed by atoms with Gasteiger partial charge in [0.2, 0.25) is 5.78 Å².